The molecule has 1 unspecified atom stereocenters. The number of carbonyl (C=O) groups is 1. The van der Waals surface area contributed by atoms with Gasteiger partial charge in [-0.3, -0.25) is 4.79 Å². The van der Waals surface area contributed by atoms with E-state index in [-0.39, 0.29) is 23.9 Å². The normalized spacial score (nSPS) is 17.4. The van der Waals surface area contributed by atoms with Crippen molar-refractivity contribution in [2.45, 2.75) is 38.3 Å². The third-order valence-electron chi connectivity index (χ3n) is 3.70. The Labute approximate surface area is 125 Å². The van der Waals surface area contributed by atoms with Crippen LogP contribution >= 0.6 is 0 Å². The predicted octanol–water partition coefficient (Wildman–Crippen LogP) is 2.16. The summed E-state index contributed by atoms with van der Waals surface area (Å²) in [7, 11) is 0. The van der Waals surface area contributed by atoms with E-state index < -0.39 is 0 Å². The molecular weight excluding hydrogens is 271 g/mol. The molecule has 0 radical (unpaired) electrons. The molecule has 1 heterocycles. The molecule has 1 aliphatic rings. The molecule has 0 aliphatic carbocycles. The van der Waals surface area contributed by atoms with Gasteiger partial charge in [-0.2, -0.15) is 0 Å². The van der Waals surface area contributed by atoms with Gasteiger partial charge in [0.25, 0.3) is 0 Å². The molecule has 1 aromatic rings. The van der Waals surface area contributed by atoms with Gasteiger partial charge in [-0.05, 0) is 50.6 Å². The third-order valence-corrected chi connectivity index (χ3v) is 3.70. The van der Waals surface area contributed by atoms with E-state index >= 15 is 0 Å². The Balaban J connectivity index is 1.69. The lowest BCUT2D eigenvalue weighted by molar-refractivity contribution is -0.123. The van der Waals surface area contributed by atoms with Crippen LogP contribution in [0, 0.1) is 5.82 Å². The van der Waals surface area contributed by atoms with Crippen molar-refractivity contribution in [1.29, 1.82) is 0 Å². The van der Waals surface area contributed by atoms with Crippen LogP contribution in [0.1, 0.15) is 37.8 Å². The van der Waals surface area contributed by atoms with E-state index in [9.17, 15) is 9.18 Å². The first kappa shape index (κ1) is 15.9. The molecule has 116 valence electrons. The van der Waals surface area contributed by atoms with Crippen molar-refractivity contribution in [1.82, 2.24) is 10.6 Å². The highest BCUT2D eigenvalue weighted by Crippen LogP contribution is 2.13. The molecule has 0 saturated carbocycles. The standard InChI is InChI=1S/C16H23FN2O2/c1-12(13-3-2-4-14(17)11-13)19-16(20)7-10-21-15-5-8-18-9-6-15/h2-4,11-12,15,18H,5-10H2,1H3,(H,19,20). The Morgan fingerprint density at radius 2 is 2.24 bits per heavy atom. The number of amides is 1. The van der Waals surface area contributed by atoms with Crippen molar-refractivity contribution in [3.8, 4) is 0 Å². The van der Waals surface area contributed by atoms with Gasteiger partial charge in [0.2, 0.25) is 5.91 Å². The lowest BCUT2D eigenvalue weighted by Gasteiger charge is -2.23. The highest BCUT2D eigenvalue weighted by molar-refractivity contribution is 5.76. The molecular formula is C16H23FN2O2. The van der Waals surface area contributed by atoms with E-state index in [1.165, 1.54) is 12.1 Å². The highest BCUT2D eigenvalue weighted by Gasteiger charge is 2.14. The Bertz CT molecular complexity index is 461. The lowest BCUT2D eigenvalue weighted by Crippen LogP contribution is -2.33. The van der Waals surface area contributed by atoms with Gasteiger partial charge in [-0.1, -0.05) is 12.1 Å². The van der Waals surface area contributed by atoms with Crippen molar-refractivity contribution in [2.75, 3.05) is 19.7 Å². The van der Waals surface area contributed by atoms with Crippen LogP contribution in [0.25, 0.3) is 0 Å². The van der Waals surface area contributed by atoms with Crippen LogP contribution in [0.5, 0.6) is 0 Å². The second kappa shape index (κ2) is 8.10. The third kappa shape index (κ3) is 5.44. The molecule has 0 spiro atoms. The Kier molecular flexibility index (Phi) is 6.14. The van der Waals surface area contributed by atoms with Gasteiger partial charge in [-0.15, -0.1) is 0 Å². The summed E-state index contributed by atoms with van der Waals surface area (Å²) in [5.41, 5.74) is 0.766. The van der Waals surface area contributed by atoms with Crippen LogP contribution < -0.4 is 10.6 Å². The fourth-order valence-corrected chi connectivity index (χ4v) is 2.45. The number of hydrogen-bond donors (Lipinski definition) is 2. The predicted molar refractivity (Wildman–Crippen MR) is 79.4 cm³/mol. The van der Waals surface area contributed by atoms with Crippen LogP contribution in [-0.4, -0.2) is 31.7 Å². The minimum Gasteiger partial charge on any atom is -0.378 e. The summed E-state index contributed by atoms with van der Waals surface area (Å²) in [5.74, 6) is -0.358. The van der Waals surface area contributed by atoms with E-state index in [2.05, 4.69) is 10.6 Å². The summed E-state index contributed by atoms with van der Waals surface area (Å²) in [4.78, 5) is 11.9. The van der Waals surface area contributed by atoms with E-state index in [1.807, 2.05) is 6.92 Å². The summed E-state index contributed by atoms with van der Waals surface area (Å²) in [6, 6.07) is 6.08. The second-order valence-corrected chi connectivity index (χ2v) is 5.41. The monoisotopic (exact) mass is 294 g/mol. The minimum atomic E-state index is -0.289. The second-order valence-electron chi connectivity index (χ2n) is 5.41. The van der Waals surface area contributed by atoms with E-state index in [0.717, 1.165) is 31.5 Å². The molecule has 0 bridgehead atoms. The van der Waals surface area contributed by atoms with Gasteiger partial charge >= 0.3 is 0 Å². The van der Waals surface area contributed by atoms with Crippen LogP contribution in [0.2, 0.25) is 0 Å². The Morgan fingerprint density at radius 3 is 2.95 bits per heavy atom. The van der Waals surface area contributed by atoms with Crippen molar-refractivity contribution in [2.24, 2.45) is 0 Å². The minimum absolute atomic E-state index is 0.0688. The van der Waals surface area contributed by atoms with Gasteiger partial charge in [-0.25, -0.2) is 4.39 Å². The van der Waals surface area contributed by atoms with Crippen LogP contribution in [-0.2, 0) is 9.53 Å². The van der Waals surface area contributed by atoms with Gasteiger partial charge in [0.1, 0.15) is 5.82 Å². The largest absolute Gasteiger partial charge is 0.378 e. The molecule has 21 heavy (non-hydrogen) atoms. The lowest BCUT2D eigenvalue weighted by atomic mass is 10.1. The molecule has 4 nitrogen and oxygen atoms in total. The fraction of sp³-hybridized carbons (Fsp3) is 0.562. The molecule has 1 amide bonds. The molecule has 1 fully saturated rings. The quantitative estimate of drug-likeness (QED) is 0.845. The first-order valence-corrected chi connectivity index (χ1v) is 7.52. The maximum Gasteiger partial charge on any atom is 0.222 e. The maximum atomic E-state index is 13.1. The van der Waals surface area contributed by atoms with Crippen LogP contribution in [0.15, 0.2) is 24.3 Å². The van der Waals surface area contributed by atoms with Gasteiger partial charge < -0.3 is 15.4 Å². The van der Waals surface area contributed by atoms with Gasteiger partial charge in [0.05, 0.1) is 18.8 Å². The molecule has 0 aromatic heterocycles. The number of halogens is 1. The number of piperidine rings is 1. The number of carbonyl (C=O) groups excluding carboxylic acids is 1. The van der Waals surface area contributed by atoms with Crippen molar-refractivity contribution >= 4 is 5.91 Å². The zero-order valence-corrected chi connectivity index (χ0v) is 12.4. The van der Waals surface area contributed by atoms with Crippen LogP contribution in [0.3, 0.4) is 0 Å². The van der Waals surface area contributed by atoms with Gasteiger partial charge in [0, 0.05) is 6.42 Å². The van der Waals surface area contributed by atoms with Gasteiger partial charge in [0.15, 0.2) is 0 Å². The fourth-order valence-electron chi connectivity index (χ4n) is 2.45. The summed E-state index contributed by atoms with van der Waals surface area (Å²) in [5, 5.41) is 6.14. The Hall–Kier alpha value is -1.46. The average molecular weight is 294 g/mol. The zero-order valence-electron chi connectivity index (χ0n) is 12.4. The summed E-state index contributed by atoms with van der Waals surface area (Å²) >= 11 is 0. The Morgan fingerprint density at radius 1 is 1.48 bits per heavy atom. The molecule has 1 aromatic carbocycles. The van der Waals surface area contributed by atoms with E-state index in [0.29, 0.717) is 13.0 Å². The van der Waals surface area contributed by atoms with E-state index in [4.69, 9.17) is 4.74 Å². The van der Waals surface area contributed by atoms with Crippen molar-refractivity contribution in [3.63, 3.8) is 0 Å². The number of benzene rings is 1. The van der Waals surface area contributed by atoms with Crippen LogP contribution in [0.4, 0.5) is 4.39 Å². The number of hydrogen-bond acceptors (Lipinski definition) is 3. The molecule has 2 rings (SSSR count). The topological polar surface area (TPSA) is 50.4 Å². The molecule has 5 heteroatoms. The van der Waals surface area contributed by atoms with Crippen molar-refractivity contribution in [3.05, 3.63) is 35.6 Å². The zero-order chi connectivity index (χ0) is 15.1. The number of ether oxygens (including phenoxy) is 1. The maximum absolute atomic E-state index is 13.1. The first-order chi connectivity index (χ1) is 10.1. The van der Waals surface area contributed by atoms with E-state index in [1.54, 1.807) is 12.1 Å². The molecule has 1 saturated heterocycles. The number of nitrogens with one attached hydrogen (secondary N) is 2. The smallest absolute Gasteiger partial charge is 0.222 e. The molecule has 1 aliphatic heterocycles. The summed E-state index contributed by atoms with van der Waals surface area (Å²) < 4.78 is 18.8. The summed E-state index contributed by atoms with van der Waals surface area (Å²) in [6.45, 7) is 4.24. The average Bonchev–Trinajstić information content (AvgIpc) is 2.48. The molecule has 2 N–H and O–H groups in total. The number of rotatable bonds is 6. The SMILES string of the molecule is CC(NC(=O)CCOC1CCNCC1)c1cccc(F)c1. The first-order valence-electron chi connectivity index (χ1n) is 7.52. The molecule has 1 atom stereocenters. The summed E-state index contributed by atoms with van der Waals surface area (Å²) in [6.07, 6.45) is 2.60. The van der Waals surface area contributed by atoms with Crippen molar-refractivity contribution < 1.29 is 13.9 Å². The highest BCUT2D eigenvalue weighted by atomic mass is 19.1.